The summed E-state index contributed by atoms with van der Waals surface area (Å²) in [6.45, 7) is 0. The molecule has 2 aromatic rings. The highest BCUT2D eigenvalue weighted by Crippen LogP contribution is 2.24. The van der Waals surface area contributed by atoms with Crippen molar-refractivity contribution >= 4 is 27.6 Å². The van der Waals surface area contributed by atoms with Crippen LogP contribution < -0.4 is 4.90 Å². The summed E-state index contributed by atoms with van der Waals surface area (Å²) in [6.07, 6.45) is 0.491. The molecule has 0 radical (unpaired) electrons. The third-order valence-corrected chi connectivity index (χ3v) is 3.99. The molecule has 110 valence electrons. The Morgan fingerprint density at radius 2 is 1.67 bits per heavy atom. The lowest BCUT2D eigenvalue weighted by Crippen LogP contribution is -2.14. The molecule has 3 nitrogen and oxygen atoms in total. The quantitative estimate of drug-likeness (QED) is 0.890. The summed E-state index contributed by atoms with van der Waals surface area (Å²) >= 11 is 3.37. The van der Waals surface area contributed by atoms with Crippen LogP contribution >= 0.6 is 15.9 Å². The molecule has 0 spiro atoms. The van der Waals surface area contributed by atoms with Crippen LogP contribution in [0.1, 0.15) is 17.0 Å². The Morgan fingerprint density at radius 1 is 1.10 bits per heavy atom. The van der Waals surface area contributed by atoms with Crippen LogP contribution in [0.25, 0.3) is 0 Å². The van der Waals surface area contributed by atoms with Gasteiger partial charge in [0.05, 0.1) is 5.92 Å². The average Bonchev–Trinajstić information content (AvgIpc) is 2.46. The third kappa shape index (κ3) is 4.08. The number of carboxylic acid groups (broad SMARTS) is 1. The Hall–Kier alpha value is -1.81. The zero-order chi connectivity index (χ0) is 15.4. The summed E-state index contributed by atoms with van der Waals surface area (Å²) in [4.78, 5) is 13.6. The van der Waals surface area contributed by atoms with Gasteiger partial charge in [0.2, 0.25) is 0 Å². The van der Waals surface area contributed by atoms with Crippen molar-refractivity contribution in [2.45, 2.75) is 12.3 Å². The van der Waals surface area contributed by atoms with E-state index in [2.05, 4.69) is 15.9 Å². The van der Waals surface area contributed by atoms with E-state index in [4.69, 9.17) is 0 Å². The average molecular weight is 348 g/mol. The van der Waals surface area contributed by atoms with Gasteiger partial charge in [-0.1, -0.05) is 40.2 Å². The van der Waals surface area contributed by atoms with Crippen LogP contribution in [0.15, 0.2) is 53.0 Å². The molecule has 0 aliphatic rings. The highest BCUT2D eigenvalue weighted by molar-refractivity contribution is 9.10. The predicted octanol–water partition coefficient (Wildman–Crippen LogP) is 3.93. The van der Waals surface area contributed by atoms with Gasteiger partial charge in [0.25, 0.3) is 0 Å². The van der Waals surface area contributed by atoms with Crippen LogP contribution in [0.2, 0.25) is 0 Å². The van der Waals surface area contributed by atoms with Crippen LogP contribution in [-0.2, 0) is 11.2 Å². The van der Waals surface area contributed by atoms with Gasteiger partial charge < -0.3 is 10.0 Å². The SMILES string of the molecule is CN(C)c1ccc(CC(C(=O)O)c2ccc(Br)cc2)cc1. The monoisotopic (exact) mass is 347 g/mol. The second-order valence-electron chi connectivity index (χ2n) is 5.21. The first kappa shape index (κ1) is 15.6. The number of aliphatic carboxylic acids is 1. The summed E-state index contributed by atoms with van der Waals surface area (Å²) < 4.78 is 0.950. The van der Waals surface area contributed by atoms with Crippen molar-refractivity contribution in [1.82, 2.24) is 0 Å². The Kier molecular flexibility index (Phi) is 5.02. The minimum atomic E-state index is -0.797. The number of benzene rings is 2. The van der Waals surface area contributed by atoms with Gasteiger partial charge in [0.15, 0.2) is 0 Å². The molecule has 2 rings (SSSR count). The molecule has 2 aromatic carbocycles. The predicted molar refractivity (Wildman–Crippen MR) is 89.0 cm³/mol. The number of carbonyl (C=O) groups is 1. The van der Waals surface area contributed by atoms with Crippen LogP contribution in [0.4, 0.5) is 5.69 Å². The van der Waals surface area contributed by atoms with Crippen LogP contribution in [0.3, 0.4) is 0 Å². The highest BCUT2D eigenvalue weighted by Gasteiger charge is 2.20. The van der Waals surface area contributed by atoms with Crippen molar-refractivity contribution in [3.8, 4) is 0 Å². The minimum absolute atomic E-state index is 0.491. The molecule has 0 saturated carbocycles. The van der Waals surface area contributed by atoms with Gasteiger partial charge in [0.1, 0.15) is 0 Å². The van der Waals surface area contributed by atoms with Crippen LogP contribution in [0, 0.1) is 0 Å². The van der Waals surface area contributed by atoms with Gasteiger partial charge >= 0.3 is 5.97 Å². The number of halogens is 1. The lowest BCUT2D eigenvalue weighted by molar-refractivity contribution is -0.138. The van der Waals surface area contributed by atoms with Gasteiger partial charge in [-0.05, 0) is 41.8 Å². The Morgan fingerprint density at radius 3 is 2.14 bits per heavy atom. The highest BCUT2D eigenvalue weighted by atomic mass is 79.9. The molecule has 1 atom stereocenters. The summed E-state index contributed by atoms with van der Waals surface area (Å²) in [5.74, 6) is -1.32. The van der Waals surface area contributed by atoms with Gasteiger partial charge in [-0.3, -0.25) is 4.79 Å². The van der Waals surface area contributed by atoms with E-state index < -0.39 is 11.9 Å². The molecule has 1 N–H and O–H groups in total. The standard InChI is InChI=1S/C17H18BrNO2/c1-19(2)15-9-3-12(4-10-15)11-16(17(20)21)13-5-7-14(18)8-6-13/h3-10,16H,11H2,1-2H3,(H,20,21). The molecular weight excluding hydrogens is 330 g/mol. The Bertz CT molecular complexity index is 606. The number of hydrogen-bond donors (Lipinski definition) is 1. The molecule has 0 aliphatic heterocycles. The molecule has 0 aromatic heterocycles. The fraction of sp³-hybridized carbons (Fsp3) is 0.235. The maximum absolute atomic E-state index is 11.5. The topological polar surface area (TPSA) is 40.5 Å². The zero-order valence-electron chi connectivity index (χ0n) is 12.1. The second-order valence-corrected chi connectivity index (χ2v) is 6.12. The molecule has 0 amide bonds. The van der Waals surface area contributed by atoms with E-state index in [-0.39, 0.29) is 0 Å². The lowest BCUT2D eigenvalue weighted by Gasteiger charge is -2.15. The van der Waals surface area contributed by atoms with Crippen molar-refractivity contribution in [1.29, 1.82) is 0 Å². The first-order chi connectivity index (χ1) is 9.97. The van der Waals surface area contributed by atoms with E-state index in [0.717, 1.165) is 21.3 Å². The molecular formula is C17H18BrNO2. The van der Waals surface area contributed by atoms with E-state index in [1.807, 2.05) is 67.5 Å². The zero-order valence-corrected chi connectivity index (χ0v) is 13.7. The third-order valence-electron chi connectivity index (χ3n) is 3.46. The van der Waals surface area contributed by atoms with Crippen molar-refractivity contribution in [2.75, 3.05) is 19.0 Å². The van der Waals surface area contributed by atoms with E-state index in [9.17, 15) is 9.90 Å². The fourth-order valence-corrected chi connectivity index (χ4v) is 2.47. The normalized spacial score (nSPS) is 12.0. The van der Waals surface area contributed by atoms with Crippen molar-refractivity contribution in [3.63, 3.8) is 0 Å². The molecule has 0 aliphatic carbocycles. The van der Waals surface area contributed by atoms with Gasteiger partial charge in [-0.2, -0.15) is 0 Å². The molecule has 0 fully saturated rings. The lowest BCUT2D eigenvalue weighted by atomic mass is 9.92. The summed E-state index contributed by atoms with van der Waals surface area (Å²) in [5.41, 5.74) is 2.95. The summed E-state index contributed by atoms with van der Waals surface area (Å²) in [5, 5.41) is 9.48. The van der Waals surface area contributed by atoms with E-state index in [0.29, 0.717) is 6.42 Å². The Labute approximate surface area is 133 Å². The van der Waals surface area contributed by atoms with Crippen LogP contribution in [-0.4, -0.2) is 25.2 Å². The van der Waals surface area contributed by atoms with Crippen LogP contribution in [0.5, 0.6) is 0 Å². The van der Waals surface area contributed by atoms with Crippen molar-refractivity contribution in [3.05, 3.63) is 64.1 Å². The second kappa shape index (κ2) is 6.76. The number of rotatable bonds is 5. The molecule has 4 heteroatoms. The number of hydrogen-bond acceptors (Lipinski definition) is 2. The maximum Gasteiger partial charge on any atom is 0.311 e. The van der Waals surface area contributed by atoms with Gasteiger partial charge in [-0.25, -0.2) is 0 Å². The Balaban J connectivity index is 2.20. The van der Waals surface area contributed by atoms with Crippen molar-refractivity contribution in [2.24, 2.45) is 0 Å². The minimum Gasteiger partial charge on any atom is -0.481 e. The first-order valence-corrected chi connectivity index (χ1v) is 7.51. The molecule has 0 saturated heterocycles. The molecule has 21 heavy (non-hydrogen) atoms. The maximum atomic E-state index is 11.5. The largest absolute Gasteiger partial charge is 0.481 e. The summed E-state index contributed by atoms with van der Waals surface area (Å²) in [6, 6.07) is 15.5. The molecule has 1 unspecified atom stereocenters. The number of nitrogens with zero attached hydrogens (tertiary/aromatic N) is 1. The van der Waals surface area contributed by atoms with Gasteiger partial charge in [0, 0.05) is 24.3 Å². The van der Waals surface area contributed by atoms with E-state index in [1.54, 1.807) is 0 Å². The number of anilines is 1. The molecule has 0 heterocycles. The van der Waals surface area contributed by atoms with Gasteiger partial charge in [-0.15, -0.1) is 0 Å². The first-order valence-electron chi connectivity index (χ1n) is 6.72. The van der Waals surface area contributed by atoms with Crippen molar-refractivity contribution < 1.29 is 9.90 Å². The fourth-order valence-electron chi connectivity index (χ4n) is 2.21. The van der Waals surface area contributed by atoms with E-state index >= 15 is 0 Å². The smallest absolute Gasteiger partial charge is 0.311 e. The number of carboxylic acids is 1. The summed E-state index contributed by atoms with van der Waals surface area (Å²) in [7, 11) is 3.97. The van der Waals surface area contributed by atoms with E-state index in [1.165, 1.54) is 0 Å². The molecule has 0 bridgehead atoms.